The first-order chi connectivity index (χ1) is 15.1. The van der Waals surface area contributed by atoms with E-state index in [1.807, 2.05) is 9.80 Å². The largest absolute Gasteiger partial charge is 0.330 e. The van der Waals surface area contributed by atoms with E-state index in [9.17, 15) is 14.0 Å². The molecule has 2 aromatic rings. The lowest BCUT2D eigenvalue weighted by atomic mass is 9.88. The summed E-state index contributed by atoms with van der Waals surface area (Å²) in [7, 11) is 0. The second-order valence-corrected chi connectivity index (χ2v) is 10.1. The number of nitrogens with zero attached hydrogens (tertiary/aromatic N) is 2. The summed E-state index contributed by atoms with van der Waals surface area (Å²) in [5.74, 6) is -0.00908. The maximum Gasteiger partial charge on any atom is 0.243 e. The fourth-order valence-corrected chi connectivity index (χ4v) is 6.09. The van der Waals surface area contributed by atoms with Crippen LogP contribution in [0.3, 0.4) is 0 Å². The fraction of sp³-hybridized carbons (Fsp3) is 0.520. The number of fused-ring (bicyclic) bond motifs is 1. The Balaban J connectivity index is 1.38. The number of amides is 2. The minimum Gasteiger partial charge on any atom is -0.330 e. The van der Waals surface area contributed by atoms with Gasteiger partial charge in [0.05, 0.1) is 6.04 Å². The van der Waals surface area contributed by atoms with Gasteiger partial charge in [-0.2, -0.15) is 0 Å². The molecule has 0 radical (unpaired) electrons. The minimum absolute atomic E-state index is 0.00207. The van der Waals surface area contributed by atoms with Crippen molar-refractivity contribution in [3.63, 3.8) is 0 Å². The van der Waals surface area contributed by atoms with Gasteiger partial charge >= 0.3 is 0 Å². The number of hydrogen-bond donors (Lipinski definition) is 0. The predicted octanol–water partition coefficient (Wildman–Crippen LogP) is 4.93. The summed E-state index contributed by atoms with van der Waals surface area (Å²) in [6.07, 6.45) is 8.18. The third-order valence-electron chi connectivity index (χ3n) is 7.00. The summed E-state index contributed by atoms with van der Waals surface area (Å²) in [6, 6.07) is 8.57. The summed E-state index contributed by atoms with van der Waals surface area (Å²) in [6.45, 7) is 0.793. The molecule has 4 nitrogen and oxygen atoms in total. The van der Waals surface area contributed by atoms with Crippen molar-refractivity contribution in [2.24, 2.45) is 5.92 Å². The normalized spacial score (nSPS) is 21.6. The van der Waals surface area contributed by atoms with Crippen molar-refractivity contribution in [3.8, 4) is 0 Å². The molecule has 2 saturated carbocycles. The van der Waals surface area contributed by atoms with Crippen LogP contribution < -0.4 is 0 Å². The standard InChI is InChI=1S/C25H29FN2O2S/c26-19-8-6-17(7-9-19)24-21-13-15-31-22(21)12-14-27(24)23(29)16-28(20-10-11-20)25(30)18-4-2-1-3-5-18/h6-9,13,15,18,20,24H,1-5,10-12,14,16H2. The summed E-state index contributed by atoms with van der Waals surface area (Å²) in [5.41, 5.74) is 2.05. The molecule has 1 atom stereocenters. The zero-order valence-electron chi connectivity index (χ0n) is 17.8. The Morgan fingerprint density at radius 2 is 1.77 bits per heavy atom. The first-order valence-corrected chi connectivity index (χ1v) is 12.4. The van der Waals surface area contributed by atoms with Crippen molar-refractivity contribution < 1.29 is 14.0 Å². The highest BCUT2D eigenvalue weighted by atomic mass is 32.1. The molecule has 1 aliphatic heterocycles. The molecular weight excluding hydrogens is 411 g/mol. The second kappa shape index (κ2) is 8.73. The molecule has 0 N–H and O–H groups in total. The van der Waals surface area contributed by atoms with Gasteiger partial charge in [0.25, 0.3) is 0 Å². The van der Waals surface area contributed by atoms with Crippen molar-refractivity contribution in [3.05, 3.63) is 57.5 Å². The molecule has 2 heterocycles. The Bertz CT molecular complexity index is 947. The third kappa shape index (κ3) is 4.27. The lowest BCUT2D eigenvalue weighted by Crippen LogP contribution is -2.48. The van der Waals surface area contributed by atoms with Gasteiger partial charge < -0.3 is 9.80 Å². The number of benzene rings is 1. The van der Waals surface area contributed by atoms with Crippen LogP contribution in [0.15, 0.2) is 35.7 Å². The zero-order chi connectivity index (χ0) is 21.4. The number of rotatable bonds is 5. The number of halogens is 1. The Hall–Kier alpha value is -2.21. The molecule has 1 aromatic heterocycles. The monoisotopic (exact) mass is 440 g/mol. The Labute approximate surface area is 187 Å². The van der Waals surface area contributed by atoms with Crippen molar-refractivity contribution >= 4 is 23.2 Å². The number of carbonyl (C=O) groups is 2. The van der Waals surface area contributed by atoms with E-state index in [0.29, 0.717) is 6.54 Å². The van der Waals surface area contributed by atoms with Crippen LogP contribution in [-0.2, 0) is 16.0 Å². The first-order valence-electron chi connectivity index (χ1n) is 11.5. The Morgan fingerprint density at radius 3 is 2.48 bits per heavy atom. The van der Waals surface area contributed by atoms with Crippen LogP contribution in [0, 0.1) is 11.7 Å². The van der Waals surface area contributed by atoms with E-state index in [2.05, 4.69) is 11.4 Å². The van der Waals surface area contributed by atoms with Gasteiger partial charge in [0.1, 0.15) is 12.4 Å². The molecule has 6 heteroatoms. The molecule has 0 spiro atoms. The average Bonchev–Trinajstić information content (AvgIpc) is 3.53. The van der Waals surface area contributed by atoms with Gasteiger partial charge in [-0.3, -0.25) is 9.59 Å². The molecule has 0 bridgehead atoms. The molecular formula is C25H29FN2O2S. The van der Waals surface area contributed by atoms with E-state index in [1.54, 1.807) is 23.5 Å². The lowest BCUT2D eigenvalue weighted by Gasteiger charge is -2.38. The highest BCUT2D eigenvalue weighted by Crippen LogP contribution is 2.39. The predicted molar refractivity (Wildman–Crippen MR) is 119 cm³/mol. The molecule has 3 aliphatic rings. The van der Waals surface area contributed by atoms with E-state index in [1.165, 1.54) is 23.4 Å². The maximum atomic E-state index is 13.6. The fourth-order valence-electron chi connectivity index (χ4n) is 5.18. The molecule has 2 aliphatic carbocycles. The Kier molecular flexibility index (Phi) is 5.83. The van der Waals surface area contributed by atoms with E-state index in [-0.39, 0.29) is 42.2 Å². The lowest BCUT2D eigenvalue weighted by molar-refractivity contribution is -0.145. The third-order valence-corrected chi connectivity index (χ3v) is 8.00. The van der Waals surface area contributed by atoms with Gasteiger partial charge in [-0.15, -0.1) is 11.3 Å². The topological polar surface area (TPSA) is 40.6 Å². The van der Waals surface area contributed by atoms with Crippen LogP contribution in [0.25, 0.3) is 0 Å². The summed E-state index contributed by atoms with van der Waals surface area (Å²) in [5, 5.41) is 2.07. The van der Waals surface area contributed by atoms with Gasteiger partial charge in [-0.05, 0) is 66.8 Å². The van der Waals surface area contributed by atoms with Gasteiger partial charge in [-0.25, -0.2) is 4.39 Å². The number of carbonyl (C=O) groups excluding carboxylic acids is 2. The summed E-state index contributed by atoms with van der Waals surface area (Å²) in [4.78, 5) is 31.9. The van der Waals surface area contributed by atoms with Gasteiger partial charge in [0.2, 0.25) is 11.8 Å². The van der Waals surface area contributed by atoms with Crippen molar-refractivity contribution in [1.82, 2.24) is 9.80 Å². The summed E-state index contributed by atoms with van der Waals surface area (Å²) >= 11 is 1.72. The van der Waals surface area contributed by atoms with Crippen LogP contribution in [0.2, 0.25) is 0 Å². The number of thiophene rings is 1. The van der Waals surface area contributed by atoms with Crippen LogP contribution in [-0.4, -0.2) is 40.7 Å². The van der Waals surface area contributed by atoms with Crippen molar-refractivity contribution in [1.29, 1.82) is 0 Å². The molecule has 2 amide bonds. The highest BCUT2D eigenvalue weighted by Gasteiger charge is 2.40. The molecule has 2 fully saturated rings. The van der Waals surface area contributed by atoms with E-state index in [0.717, 1.165) is 56.1 Å². The van der Waals surface area contributed by atoms with Crippen LogP contribution in [0.4, 0.5) is 4.39 Å². The van der Waals surface area contributed by atoms with E-state index >= 15 is 0 Å². The quantitative estimate of drug-likeness (QED) is 0.661. The smallest absolute Gasteiger partial charge is 0.243 e. The molecule has 5 rings (SSSR count). The van der Waals surface area contributed by atoms with Crippen LogP contribution in [0.5, 0.6) is 0 Å². The number of hydrogen-bond acceptors (Lipinski definition) is 3. The van der Waals surface area contributed by atoms with Gasteiger partial charge in [0.15, 0.2) is 0 Å². The van der Waals surface area contributed by atoms with Gasteiger partial charge in [-0.1, -0.05) is 31.4 Å². The van der Waals surface area contributed by atoms with Crippen molar-refractivity contribution in [2.75, 3.05) is 13.1 Å². The van der Waals surface area contributed by atoms with Crippen LogP contribution >= 0.6 is 11.3 Å². The molecule has 0 saturated heterocycles. The zero-order valence-corrected chi connectivity index (χ0v) is 18.6. The molecule has 164 valence electrons. The SMILES string of the molecule is O=C(C1CCCCC1)N(CC(=O)N1CCc2sccc2C1c1ccc(F)cc1)C1CC1. The van der Waals surface area contributed by atoms with E-state index < -0.39 is 0 Å². The molecule has 31 heavy (non-hydrogen) atoms. The van der Waals surface area contributed by atoms with Crippen molar-refractivity contribution in [2.45, 2.75) is 63.5 Å². The molecule has 1 unspecified atom stereocenters. The Morgan fingerprint density at radius 1 is 1.03 bits per heavy atom. The van der Waals surface area contributed by atoms with E-state index in [4.69, 9.17) is 0 Å². The maximum absolute atomic E-state index is 13.6. The average molecular weight is 441 g/mol. The highest BCUT2D eigenvalue weighted by molar-refractivity contribution is 7.10. The molecule has 1 aromatic carbocycles. The van der Waals surface area contributed by atoms with Crippen LogP contribution in [0.1, 0.15) is 67.0 Å². The first kappa shape index (κ1) is 20.7. The summed E-state index contributed by atoms with van der Waals surface area (Å²) < 4.78 is 13.6. The van der Waals surface area contributed by atoms with Gasteiger partial charge in [0, 0.05) is 23.4 Å². The minimum atomic E-state index is -0.277. The second-order valence-electron chi connectivity index (χ2n) is 9.12.